The smallest absolute Gasteiger partial charge is 0.0536 e. The van der Waals surface area contributed by atoms with Gasteiger partial charge in [0.2, 0.25) is 0 Å². The molecular weight excluding hydrogens is 198 g/mol. The highest BCUT2D eigenvalue weighted by Crippen LogP contribution is 2.14. The number of rotatable bonds is 3. The molecular formula is C10H16ClN3. The summed E-state index contributed by atoms with van der Waals surface area (Å²) in [5, 5.41) is 4.53. The molecule has 14 heavy (non-hydrogen) atoms. The third-order valence-electron chi connectivity index (χ3n) is 2.65. The zero-order valence-corrected chi connectivity index (χ0v) is 9.03. The summed E-state index contributed by atoms with van der Waals surface area (Å²) in [7, 11) is 0. The molecule has 3 nitrogen and oxygen atoms in total. The van der Waals surface area contributed by atoms with Crippen LogP contribution in [0.15, 0.2) is 18.5 Å². The van der Waals surface area contributed by atoms with Crippen molar-refractivity contribution >= 4 is 11.6 Å². The summed E-state index contributed by atoms with van der Waals surface area (Å²) >= 11 is 6.11. The third-order valence-corrected chi connectivity index (χ3v) is 3.01. The van der Waals surface area contributed by atoms with E-state index in [0.717, 1.165) is 19.6 Å². The third kappa shape index (κ3) is 2.72. The molecule has 1 aromatic heterocycles. The predicted octanol–water partition coefficient (Wildman–Crippen LogP) is 1.59. The second-order valence-electron chi connectivity index (χ2n) is 3.81. The highest BCUT2D eigenvalue weighted by molar-refractivity contribution is 6.20. The molecule has 0 bridgehead atoms. The first-order valence-corrected chi connectivity index (χ1v) is 5.62. The van der Waals surface area contributed by atoms with E-state index < -0.39 is 0 Å². The minimum Gasteiger partial charge on any atom is -0.300 e. The van der Waals surface area contributed by atoms with Gasteiger partial charge in [0.05, 0.1) is 6.54 Å². The van der Waals surface area contributed by atoms with Crippen molar-refractivity contribution in [1.29, 1.82) is 0 Å². The maximum absolute atomic E-state index is 6.11. The molecule has 0 radical (unpaired) electrons. The summed E-state index contributed by atoms with van der Waals surface area (Å²) in [6.07, 6.45) is 6.22. The van der Waals surface area contributed by atoms with Crippen molar-refractivity contribution < 1.29 is 0 Å². The summed E-state index contributed by atoms with van der Waals surface area (Å²) in [6.45, 7) is 4.24. The van der Waals surface area contributed by atoms with Crippen LogP contribution in [0.2, 0.25) is 0 Å². The molecule has 0 N–H and O–H groups in total. The van der Waals surface area contributed by atoms with E-state index in [2.05, 4.69) is 10.00 Å². The second-order valence-corrected chi connectivity index (χ2v) is 4.43. The molecule has 1 aromatic rings. The topological polar surface area (TPSA) is 21.1 Å². The molecule has 0 aromatic carbocycles. The van der Waals surface area contributed by atoms with Crippen LogP contribution in [-0.2, 0) is 6.54 Å². The Bertz CT molecular complexity index is 260. The second kappa shape index (κ2) is 4.80. The van der Waals surface area contributed by atoms with E-state index >= 15 is 0 Å². The number of hydrogen-bond acceptors (Lipinski definition) is 2. The number of nitrogens with zero attached hydrogens (tertiary/aromatic N) is 3. The molecule has 78 valence electrons. The molecule has 1 saturated heterocycles. The van der Waals surface area contributed by atoms with Crippen molar-refractivity contribution in [3.05, 3.63) is 18.5 Å². The Morgan fingerprint density at radius 3 is 3.07 bits per heavy atom. The summed E-state index contributed by atoms with van der Waals surface area (Å²) in [4.78, 5) is 2.42. The van der Waals surface area contributed by atoms with Gasteiger partial charge in [0.15, 0.2) is 0 Å². The molecule has 1 unspecified atom stereocenters. The van der Waals surface area contributed by atoms with Crippen molar-refractivity contribution in [2.45, 2.75) is 24.8 Å². The van der Waals surface area contributed by atoms with Gasteiger partial charge < -0.3 is 4.90 Å². The van der Waals surface area contributed by atoms with Crippen molar-refractivity contribution in [1.82, 2.24) is 14.7 Å². The van der Waals surface area contributed by atoms with Gasteiger partial charge in [0.1, 0.15) is 0 Å². The van der Waals surface area contributed by atoms with Gasteiger partial charge in [0.25, 0.3) is 0 Å². The van der Waals surface area contributed by atoms with Crippen molar-refractivity contribution in [3.8, 4) is 0 Å². The first-order valence-electron chi connectivity index (χ1n) is 5.18. The summed E-state index contributed by atoms with van der Waals surface area (Å²) in [6, 6.07) is 1.96. The average molecular weight is 214 g/mol. The van der Waals surface area contributed by atoms with Crippen LogP contribution in [-0.4, -0.2) is 39.7 Å². The Hall–Kier alpha value is -0.540. The Kier molecular flexibility index (Phi) is 3.43. The summed E-state index contributed by atoms with van der Waals surface area (Å²) < 4.78 is 1.97. The number of likely N-dealkylation sites (tertiary alicyclic amines) is 1. The predicted molar refractivity (Wildman–Crippen MR) is 57.5 cm³/mol. The molecule has 0 amide bonds. The fourth-order valence-electron chi connectivity index (χ4n) is 1.88. The first-order chi connectivity index (χ1) is 6.84. The molecule has 2 rings (SSSR count). The lowest BCUT2D eigenvalue weighted by molar-refractivity contribution is 0.221. The summed E-state index contributed by atoms with van der Waals surface area (Å²) in [5.74, 6) is 0. The quantitative estimate of drug-likeness (QED) is 0.712. The van der Waals surface area contributed by atoms with Gasteiger partial charge >= 0.3 is 0 Å². The molecule has 2 heterocycles. The lowest BCUT2D eigenvalue weighted by Gasteiger charge is -2.29. The molecule has 0 aliphatic carbocycles. The Morgan fingerprint density at radius 1 is 1.43 bits per heavy atom. The molecule has 1 aliphatic heterocycles. The normalized spacial score (nSPS) is 23.9. The van der Waals surface area contributed by atoms with Crippen molar-refractivity contribution in [2.24, 2.45) is 0 Å². The van der Waals surface area contributed by atoms with Crippen LogP contribution in [0.1, 0.15) is 12.8 Å². The number of halogens is 1. The van der Waals surface area contributed by atoms with E-state index in [1.807, 2.05) is 23.1 Å². The maximum atomic E-state index is 6.11. The number of aromatic nitrogens is 2. The van der Waals surface area contributed by atoms with E-state index in [9.17, 15) is 0 Å². The molecule has 1 fully saturated rings. The minimum absolute atomic E-state index is 0.348. The fraction of sp³-hybridized carbons (Fsp3) is 0.700. The van der Waals surface area contributed by atoms with Gasteiger partial charge in [-0.25, -0.2) is 0 Å². The molecule has 1 aliphatic rings. The monoisotopic (exact) mass is 213 g/mol. The van der Waals surface area contributed by atoms with Crippen LogP contribution in [0.25, 0.3) is 0 Å². The van der Waals surface area contributed by atoms with Gasteiger partial charge in [-0.05, 0) is 25.5 Å². The van der Waals surface area contributed by atoms with E-state index in [4.69, 9.17) is 11.6 Å². The molecule has 4 heteroatoms. The zero-order valence-electron chi connectivity index (χ0n) is 8.27. The first kappa shape index (κ1) is 9.99. The van der Waals surface area contributed by atoms with Crippen molar-refractivity contribution in [3.63, 3.8) is 0 Å². The summed E-state index contributed by atoms with van der Waals surface area (Å²) in [5.41, 5.74) is 0. The molecule has 0 saturated carbocycles. The lowest BCUT2D eigenvalue weighted by atomic mass is 10.1. The van der Waals surface area contributed by atoms with Crippen LogP contribution in [0.4, 0.5) is 0 Å². The largest absolute Gasteiger partial charge is 0.300 e. The van der Waals surface area contributed by atoms with Gasteiger partial charge in [-0.2, -0.15) is 5.10 Å². The highest BCUT2D eigenvalue weighted by Gasteiger charge is 2.16. The fourth-order valence-corrected chi connectivity index (χ4v) is 2.23. The molecule has 0 spiro atoms. The average Bonchev–Trinajstić information content (AvgIpc) is 2.67. The zero-order chi connectivity index (χ0) is 9.80. The van der Waals surface area contributed by atoms with Crippen LogP contribution in [0.5, 0.6) is 0 Å². The molecule has 1 atom stereocenters. The van der Waals surface area contributed by atoms with Gasteiger partial charge in [-0.3, -0.25) is 4.68 Å². The van der Waals surface area contributed by atoms with Gasteiger partial charge in [-0.1, -0.05) is 0 Å². The number of alkyl halides is 1. The van der Waals surface area contributed by atoms with Crippen LogP contribution >= 0.6 is 11.6 Å². The van der Waals surface area contributed by atoms with Crippen LogP contribution < -0.4 is 0 Å². The van der Waals surface area contributed by atoms with Crippen LogP contribution in [0.3, 0.4) is 0 Å². The van der Waals surface area contributed by atoms with Gasteiger partial charge in [0, 0.05) is 30.9 Å². The Labute approximate surface area is 89.7 Å². The number of piperidine rings is 1. The SMILES string of the molecule is ClC1CCCN(CCn2cccn2)C1. The Balaban J connectivity index is 1.75. The van der Waals surface area contributed by atoms with Crippen molar-refractivity contribution in [2.75, 3.05) is 19.6 Å². The van der Waals surface area contributed by atoms with E-state index in [1.165, 1.54) is 19.4 Å². The lowest BCUT2D eigenvalue weighted by Crippen LogP contribution is -2.37. The van der Waals surface area contributed by atoms with E-state index in [1.54, 1.807) is 0 Å². The van der Waals surface area contributed by atoms with Gasteiger partial charge in [-0.15, -0.1) is 11.6 Å². The van der Waals surface area contributed by atoms with E-state index in [-0.39, 0.29) is 0 Å². The Morgan fingerprint density at radius 2 is 2.36 bits per heavy atom. The standard InChI is InChI=1S/C10H16ClN3/c11-10-3-1-5-13(9-10)7-8-14-6-2-4-12-14/h2,4,6,10H,1,3,5,7-9H2. The number of hydrogen-bond donors (Lipinski definition) is 0. The van der Waals surface area contributed by atoms with E-state index in [0.29, 0.717) is 5.38 Å². The maximum Gasteiger partial charge on any atom is 0.0536 e. The minimum atomic E-state index is 0.348. The van der Waals surface area contributed by atoms with Crippen LogP contribution in [0, 0.1) is 0 Å². The highest BCUT2D eigenvalue weighted by atomic mass is 35.5.